The molecule has 0 saturated carbocycles. The van der Waals surface area contributed by atoms with Gasteiger partial charge in [-0.25, -0.2) is 4.79 Å². The number of carbonyl (C=O) groups excluding carboxylic acids is 1. The molecule has 30 heavy (non-hydrogen) atoms. The van der Waals surface area contributed by atoms with Crippen LogP contribution in [0.5, 0.6) is 0 Å². The van der Waals surface area contributed by atoms with E-state index >= 15 is 0 Å². The molecule has 0 aliphatic heterocycles. The summed E-state index contributed by atoms with van der Waals surface area (Å²) in [5, 5.41) is 0. The second-order valence-electron chi connectivity index (χ2n) is 7.38. The average Bonchev–Trinajstić information content (AvgIpc) is 2.66. The van der Waals surface area contributed by atoms with Gasteiger partial charge in [0.2, 0.25) is 0 Å². The summed E-state index contributed by atoms with van der Waals surface area (Å²) >= 11 is 0. The first kappa shape index (κ1) is 23.2. The molecule has 0 unspecified atom stereocenters. The number of unbranched alkanes of at least 4 members (excludes halogenated alkanes) is 1. The third-order valence-electron chi connectivity index (χ3n) is 4.47. The molecular formula is C20H25F3N4O3. The van der Waals surface area contributed by atoms with Gasteiger partial charge in [0.15, 0.2) is 5.69 Å². The van der Waals surface area contributed by atoms with Crippen molar-refractivity contribution in [2.45, 2.75) is 46.3 Å². The molecule has 2 aromatic rings. The van der Waals surface area contributed by atoms with Crippen molar-refractivity contribution >= 4 is 17.4 Å². The number of anilines is 2. The molecule has 1 aromatic carbocycles. The second kappa shape index (κ2) is 9.19. The first-order valence-corrected chi connectivity index (χ1v) is 9.59. The van der Waals surface area contributed by atoms with Gasteiger partial charge in [-0.15, -0.1) is 0 Å². The summed E-state index contributed by atoms with van der Waals surface area (Å²) in [6.45, 7) is 5.94. The van der Waals surface area contributed by atoms with E-state index in [1.54, 1.807) is 0 Å². The Labute approximate surface area is 171 Å². The third kappa shape index (κ3) is 5.11. The molecule has 0 fully saturated rings. The van der Waals surface area contributed by atoms with Crippen molar-refractivity contribution in [2.24, 2.45) is 5.92 Å². The molecule has 10 heteroatoms. The monoisotopic (exact) mass is 426 g/mol. The maximum atomic E-state index is 13.1. The predicted octanol–water partition coefficient (Wildman–Crippen LogP) is 3.24. The standard InChI is InChI=1S/C20H25F3N4O3/c1-4-5-10-26(18(29)13-6-8-14(9-7-13)20(21,22)23)15-16(24)27(11-12(2)3)19(30)25-17(15)28/h6-9,12H,4-5,10-11,24H2,1-3H3,(H,25,28,30). The smallest absolute Gasteiger partial charge is 0.383 e. The van der Waals surface area contributed by atoms with Gasteiger partial charge in [0, 0.05) is 18.7 Å². The van der Waals surface area contributed by atoms with Crippen molar-refractivity contribution in [1.29, 1.82) is 0 Å². The van der Waals surface area contributed by atoms with Gasteiger partial charge in [-0.2, -0.15) is 13.2 Å². The quantitative estimate of drug-likeness (QED) is 0.710. The molecule has 0 bridgehead atoms. The summed E-state index contributed by atoms with van der Waals surface area (Å²) in [5.74, 6) is -0.795. The van der Waals surface area contributed by atoms with Crippen LogP contribution in [0.15, 0.2) is 33.9 Å². The number of hydrogen-bond acceptors (Lipinski definition) is 4. The van der Waals surface area contributed by atoms with E-state index in [1.165, 1.54) is 4.57 Å². The molecular weight excluding hydrogens is 401 g/mol. The van der Waals surface area contributed by atoms with Crippen LogP contribution in [-0.4, -0.2) is 22.0 Å². The lowest BCUT2D eigenvalue weighted by atomic mass is 10.1. The second-order valence-corrected chi connectivity index (χ2v) is 7.38. The summed E-state index contributed by atoms with van der Waals surface area (Å²) < 4.78 is 39.6. The van der Waals surface area contributed by atoms with Crippen molar-refractivity contribution < 1.29 is 18.0 Å². The van der Waals surface area contributed by atoms with Crippen LogP contribution in [0.1, 0.15) is 49.5 Å². The molecule has 2 rings (SSSR count). The van der Waals surface area contributed by atoms with Crippen LogP contribution in [-0.2, 0) is 12.7 Å². The van der Waals surface area contributed by atoms with Crippen molar-refractivity contribution in [3.8, 4) is 0 Å². The van der Waals surface area contributed by atoms with Gasteiger partial charge in [-0.1, -0.05) is 27.2 Å². The number of hydrogen-bond donors (Lipinski definition) is 2. The number of nitrogens with two attached hydrogens (primary N) is 1. The zero-order valence-corrected chi connectivity index (χ0v) is 17.0. The number of nitrogen functional groups attached to an aromatic ring is 1. The molecule has 1 aromatic heterocycles. The van der Waals surface area contributed by atoms with Crippen molar-refractivity contribution in [1.82, 2.24) is 9.55 Å². The Hall–Kier alpha value is -3.04. The van der Waals surface area contributed by atoms with Gasteiger partial charge in [-0.05, 0) is 36.6 Å². The Morgan fingerprint density at radius 2 is 1.80 bits per heavy atom. The SMILES string of the molecule is CCCCN(C(=O)c1ccc(C(F)(F)F)cc1)c1c(N)n(CC(C)C)c(=O)[nH]c1=O. The highest BCUT2D eigenvalue weighted by Crippen LogP contribution is 2.29. The van der Waals surface area contributed by atoms with Gasteiger partial charge in [0.25, 0.3) is 11.5 Å². The Morgan fingerprint density at radius 3 is 2.30 bits per heavy atom. The minimum absolute atomic E-state index is 0.0282. The highest BCUT2D eigenvalue weighted by atomic mass is 19.4. The fourth-order valence-electron chi connectivity index (χ4n) is 2.97. The van der Waals surface area contributed by atoms with Gasteiger partial charge >= 0.3 is 11.9 Å². The number of halogens is 3. The van der Waals surface area contributed by atoms with Gasteiger partial charge in [0.1, 0.15) is 5.82 Å². The first-order chi connectivity index (χ1) is 14.0. The van der Waals surface area contributed by atoms with E-state index in [9.17, 15) is 27.6 Å². The zero-order chi connectivity index (χ0) is 22.6. The van der Waals surface area contributed by atoms with Crippen LogP contribution in [0.3, 0.4) is 0 Å². The van der Waals surface area contributed by atoms with Crippen molar-refractivity contribution in [3.05, 3.63) is 56.2 Å². The van der Waals surface area contributed by atoms with E-state index in [1.807, 2.05) is 20.8 Å². The Kier molecular flexibility index (Phi) is 7.12. The molecule has 0 saturated heterocycles. The van der Waals surface area contributed by atoms with E-state index in [4.69, 9.17) is 5.73 Å². The van der Waals surface area contributed by atoms with Crippen LogP contribution in [0.2, 0.25) is 0 Å². The maximum absolute atomic E-state index is 13.1. The lowest BCUT2D eigenvalue weighted by Gasteiger charge is -2.25. The van der Waals surface area contributed by atoms with Crippen LogP contribution in [0, 0.1) is 5.92 Å². The van der Waals surface area contributed by atoms with E-state index in [0.717, 1.165) is 29.2 Å². The topological polar surface area (TPSA) is 101 Å². The third-order valence-corrected chi connectivity index (χ3v) is 4.47. The normalized spacial score (nSPS) is 11.7. The summed E-state index contributed by atoms with van der Waals surface area (Å²) in [4.78, 5) is 41.1. The summed E-state index contributed by atoms with van der Waals surface area (Å²) in [5.41, 5.74) is 3.49. The van der Waals surface area contributed by atoms with Crippen LogP contribution >= 0.6 is 0 Å². The maximum Gasteiger partial charge on any atom is 0.416 e. The number of aromatic amines is 1. The fourth-order valence-corrected chi connectivity index (χ4v) is 2.97. The van der Waals surface area contributed by atoms with Crippen LogP contribution in [0.4, 0.5) is 24.7 Å². The number of benzene rings is 1. The van der Waals surface area contributed by atoms with E-state index in [-0.39, 0.29) is 36.1 Å². The van der Waals surface area contributed by atoms with Gasteiger partial charge in [0.05, 0.1) is 5.56 Å². The number of carbonyl (C=O) groups is 1. The van der Waals surface area contributed by atoms with Crippen LogP contribution in [0.25, 0.3) is 0 Å². The molecule has 7 nitrogen and oxygen atoms in total. The Bertz CT molecular complexity index is 1010. The lowest BCUT2D eigenvalue weighted by molar-refractivity contribution is -0.137. The van der Waals surface area contributed by atoms with Crippen molar-refractivity contribution in [2.75, 3.05) is 17.2 Å². The molecule has 0 atom stereocenters. The minimum atomic E-state index is -4.53. The van der Waals surface area contributed by atoms with Gasteiger partial charge < -0.3 is 10.6 Å². The largest absolute Gasteiger partial charge is 0.416 e. The fraction of sp³-hybridized carbons (Fsp3) is 0.450. The molecule has 0 spiro atoms. The van der Waals surface area contributed by atoms with Crippen LogP contribution < -0.4 is 21.9 Å². The zero-order valence-electron chi connectivity index (χ0n) is 17.0. The number of amides is 1. The number of nitrogens with one attached hydrogen (secondary N) is 1. The highest BCUT2D eigenvalue weighted by molar-refractivity contribution is 6.07. The summed E-state index contributed by atoms with van der Waals surface area (Å²) in [7, 11) is 0. The molecule has 164 valence electrons. The van der Waals surface area contributed by atoms with E-state index in [0.29, 0.717) is 12.8 Å². The number of alkyl halides is 3. The molecule has 0 radical (unpaired) electrons. The Balaban J connectivity index is 2.56. The van der Waals surface area contributed by atoms with Gasteiger partial charge in [-0.3, -0.25) is 19.1 Å². The predicted molar refractivity (Wildman–Crippen MR) is 109 cm³/mol. The van der Waals surface area contributed by atoms with Crippen molar-refractivity contribution in [3.63, 3.8) is 0 Å². The van der Waals surface area contributed by atoms with E-state index < -0.39 is 28.9 Å². The molecule has 0 aliphatic carbocycles. The molecule has 1 heterocycles. The Morgan fingerprint density at radius 1 is 1.20 bits per heavy atom. The number of rotatable bonds is 7. The molecule has 1 amide bonds. The van der Waals surface area contributed by atoms with E-state index in [2.05, 4.69) is 4.98 Å². The average molecular weight is 426 g/mol. The summed E-state index contributed by atoms with van der Waals surface area (Å²) in [6, 6.07) is 3.72. The number of aromatic nitrogens is 2. The number of nitrogens with zero attached hydrogens (tertiary/aromatic N) is 2. The summed E-state index contributed by atoms with van der Waals surface area (Å²) in [6.07, 6.45) is -3.31. The number of H-pyrrole nitrogens is 1. The highest BCUT2D eigenvalue weighted by Gasteiger charge is 2.31. The minimum Gasteiger partial charge on any atom is -0.383 e. The first-order valence-electron chi connectivity index (χ1n) is 9.59. The molecule has 3 N–H and O–H groups in total. The lowest BCUT2D eigenvalue weighted by Crippen LogP contribution is -2.42. The molecule has 0 aliphatic rings.